The van der Waals surface area contributed by atoms with E-state index in [0.717, 1.165) is 0 Å². The second-order valence-electron chi connectivity index (χ2n) is 3.54. The van der Waals surface area contributed by atoms with Crippen molar-refractivity contribution in [3.05, 3.63) is 46.2 Å². The zero-order valence-corrected chi connectivity index (χ0v) is 11.4. The molecule has 0 aliphatic rings. The first kappa shape index (κ1) is 13.6. The summed E-state index contributed by atoms with van der Waals surface area (Å²) >= 11 is 11.7. The molecule has 19 heavy (non-hydrogen) atoms. The summed E-state index contributed by atoms with van der Waals surface area (Å²) in [6.07, 6.45) is 2.88. The van der Waals surface area contributed by atoms with Gasteiger partial charge in [-0.1, -0.05) is 23.2 Å². The topological polar surface area (TPSA) is 64.1 Å². The first-order valence-corrected chi connectivity index (χ1v) is 5.98. The molecule has 2 rings (SSSR count). The number of rotatable bonds is 3. The highest BCUT2D eigenvalue weighted by molar-refractivity contribution is 6.37. The van der Waals surface area contributed by atoms with Gasteiger partial charge in [-0.15, -0.1) is 0 Å². The number of carbonyl (C=O) groups excluding carboxylic acids is 1. The van der Waals surface area contributed by atoms with Gasteiger partial charge >= 0.3 is 6.01 Å². The summed E-state index contributed by atoms with van der Waals surface area (Å²) in [6.45, 7) is 0. The Morgan fingerprint density at radius 3 is 2.53 bits per heavy atom. The van der Waals surface area contributed by atoms with E-state index in [2.05, 4.69) is 15.3 Å². The Morgan fingerprint density at radius 1 is 1.26 bits per heavy atom. The van der Waals surface area contributed by atoms with Crippen LogP contribution >= 0.6 is 23.2 Å². The van der Waals surface area contributed by atoms with Crippen LogP contribution in [-0.2, 0) is 0 Å². The lowest BCUT2D eigenvalue weighted by Crippen LogP contribution is -2.13. The molecule has 0 atom stereocenters. The maximum absolute atomic E-state index is 12.0. The second-order valence-corrected chi connectivity index (χ2v) is 4.38. The van der Waals surface area contributed by atoms with Gasteiger partial charge in [-0.2, -0.15) is 0 Å². The minimum atomic E-state index is -0.365. The number of methoxy groups -OCH3 is 1. The van der Waals surface area contributed by atoms with Crippen LogP contribution in [0.5, 0.6) is 6.01 Å². The van der Waals surface area contributed by atoms with E-state index in [9.17, 15) is 4.79 Å². The standard InChI is InChI=1S/C12H9Cl2N3O2/c1-19-12-15-5-8(6-16-12)17-11(18)9-3-2-7(13)4-10(9)14/h2-6H,1H3,(H,17,18). The van der Waals surface area contributed by atoms with Crippen LogP contribution < -0.4 is 10.1 Å². The Hall–Kier alpha value is -1.85. The molecule has 1 amide bonds. The van der Waals surface area contributed by atoms with Crippen molar-refractivity contribution in [3.63, 3.8) is 0 Å². The molecule has 1 aromatic carbocycles. The van der Waals surface area contributed by atoms with Crippen LogP contribution in [0.15, 0.2) is 30.6 Å². The molecule has 0 unspecified atom stereocenters. The molecule has 0 spiro atoms. The molecule has 0 saturated carbocycles. The van der Waals surface area contributed by atoms with E-state index < -0.39 is 0 Å². The number of ether oxygens (including phenoxy) is 1. The molecule has 1 N–H and O–H groups in total. The van der Waals surface area contributed by atoms with Gasteiger partial charge in [0.15, 0.2) is 0 Å². The van der Waals surface area contributed by atoms with Crippen molar-refractivity contribution in [2.24, 2.45) is 0 Å². The molecular weight excluding hydrogens is 289 g/mol. The summed E-state index contributed by atoms with van der Waals surface area (Å²) in [5.74, 6) is -0.365. The number of carbonyl (C=O) groups is 1. The van der Waals surface area contributed by atoms with Crippen molar-refractivity contribution >= 4 is 34.8 Å². The lowest BCUT2D eigenvalue weighted by molar-refractivity contribution is 0.102. The highest BCUT2D eigenvalue weighted by Crippen LogP contribution is 2.21. The van der Waals surface area contributed by atoms with E-state index in [1.165, 1.54) is 25.6 Å². The molecular formula is C12H9Cl2N3O2. The number of hydrogen-bond acceptors (Lipinski definition) is 4. The Labute approximate surface area is 119 Å². The molecule has 0 radical (unpaired) electrons. The van der Waals surface area contributed by atoms with Crippen LogP contribution in [0.3, 0.4) is 0 Å². The SMILES string of the molecule is COc1ncc(NC(=O)c2ccc(Cl)cc2Cl)cn1. The van der Waals surface area contributed by atoms with E-state index in [4.69, 9.17) is 27.9 Å². The Bertz CT molecular complexity index is 602. The largest absolute Gasteiger partial charge is 0.467 e. The van der Waals surface area contributed by atoms with Crippen LogP contribution in [0.1, 0.15) is 10.4 Å². The van der Waals surface area contributed by atoms with Crippen molar-refractivity contribution in [1.29, 1.82) is 0 Å². The number of anilines is 1. The molecule has 7 heteroatoms. The van der Waals surface area contributed by atoms with Gasteiger partial charge in [-0.25, -0.2) is 9.97 Å². The summed E-state index contributed by atoms with van der Waals surface area (Å²) < 4.78 is 4.82. The first-order chi connectivity index (χ1) is 9.10. The van der Waals surface area contributed by atoms with E-state index in [-0.39, 0.29) is 16.9 Å². The Balaban J connectivity index is 2.15. The van der Waals surface area contributed by atoms with Crippen LogP contribution in [0, 0.1) is 0 Å². The number of hydrogen-bond donors (Lipinski definition) is 1. The molecule has 1 heterocycles. The van der Waals surface area contributed by atoms with Gasteiger partial charge in [-0.3, -0.25) is 4.79 Å². The van der Waals surface area contributed by atoms with Crippen LogP contribution in [0.4, 0.5) is 5.69 Å². The molecule has 0 aliphatic carbocycles. The van der Waals surface area contributed by atoms with E-state index in [1.807, 2.05) is 0 Å². The second kappa shape index (κ2) is 5.86. The minimum Gasteiger partial charge on any atom is -0.467 e. The molecule has 98 valence electrons. The minimum absolute atomic E-state index is 0.225. The molecule has 0 aliphatic heterocycles. The fourth-order valence-electron chi connectivity index (χ4n) is 1.36. The van der Waals surface area contributed by atoms with Crippen molar-refractivity contribution in [1.82, 2.24) is 9.97 Å². The lowest BCUT2D eigenvalue weighted by Gasteiger charge is -2.06. The maximum atomic E-state index is 12.0. The average Bonchev–Trinajstić information content (AvgIpc) is 2.39. The average molecular weight is 298 g/mol. The maximum Gasteiger partial charge on any atom is 0.316 e. The molecule has 5 nitrogen and oxygen atoms in total. The molecule has 2 aromatic rings. The van der Waals surface area contributed by atoms with E-state index in [1.54, 1.807) is 12.1 Å². The zero-order valence-electron chi connectivity index (χ0n) is 9.85. The molecule has 0 bridgehead atoms. The third-order valence-corrected chi connectivity index (χ3v) is 2.79. The van der Waals surface area contributed by atoms with Gasteiger partial charge in [-0.05, 0) is 18.2 Å². The van der Waals surface area contributed by atoms with Crippen molar-refractivity contribution in [3.8, 4) is 6.01 Å². The molecule has 1 aromatic heterocycles. The number of benzene rings is 1. The van der Waals surface area contributed by atoms with E-state index >= 15 is 0 Å². The normalized spacial score (nSPS) is 10.1. The summed E-state index contributed by atoms with van der Waals surface area (Å²) in [5.41, 5.74) is 0.763. The first-order valence-electron chi connectivity index (χ1n) is 5.22. The summed E-state index contributed by atoms with van der Waals surface area (Å²) in [4.78, 5) is 19.7. The molecule has 0 fully saturated rings. The number of nitrogens with zero attached hydrogens (tertiary/aromatic N) is 2. The monoisotopic (exact) mass is 297 g/mol. The quantitative estimate of drug-likeness (QED) is 0.946. The fraction of sp³-hybridized carbons (Fsp3) is 0.0833. The lowest BCUT2D eigenvalue weighted by atomic mass is 10.2. The van der Waals surface area contributed by atoms with Gasteiger partial charge < -0.3 is 10.1 Å². The Morgan fingerprint density at radius 2 is 1.95 bits per heavy atom. The number of aromatic nitrogens is 2. The van der Waals surface area contributed by atoms with Crippen LogP contribution in [-0.4, -0.2) is 23.0 Å². The van der Waals surface area contributed by atoms with Crippen LogP contribution in [0.2, 0.25) is 10.0 Å². The zero-order chi connectivity index (χ0) is 13.8. The van der Waals surface area contributed by atoms with Gasteiger partial charge in [0.2, 0.25) is 0 Å². The van der Waals surface area contributed by atoms with Crippen molar-refractivity contribution in [2.75, 3.05) is 12.4 Å². The fourth-order valence-corrected chi connectivity index (χ4v) is 1.85. The van der Waals surface area contributed by atoms with Gasteiger partial charge in [0, 0.05) is 5.02 Å². The summed E-state index contributed by atoms with van der Waals surface area (Å²) in [5, 5.41) is 3.37. The third-order valence-electron chi connectivity index (χ3n) is 2.24. The summed E-state index contributed by atoms with van der Waals surface area (Å²) in [7, 11) is 1.46. The van der Waals surface area contributed by atoms with E-state index in [0.29, 0.717) is 16.3 Å². The van der Waals surface area contributed by atoms with Crippen LogP contribution in [0.25, 0.3) is 0 Å². The Kier molecular flexibility index (Phi) is 4.19. The van der Waals surface area contributed by atoms with Gasteiger partial charge in [0.25, 0.3) is 5.91 Å². The van der Waals surface area contributed by atoms with Crippen molar-refractivity contribution in [2.45, 2.75) is 0 Å². The predicted molar refractivity (Wildman–Crippen MR) is 73.0 cm³/mol. The van der Waals surface area contributed by atoms with Crippen molar-refractivity contribution < 1.29 is 9.53 Å². The number of halogens is 2. The molecule has 0 saturated heterocycles. The highest BCUT2D eigenvalue weighted by atomic mass is 35.5. The van der Waals surface area contributed by atoms with Gasteiger partial charge in [0.05, 0.1) is 35.8 Å². The predicted octanol–water partition coefficient (Wildman–Crippen LogP) is 3.04. The number of amides is 1. The van der Waals surface area contributed by atoms with Gasteiger partial charge in [0.1, 0.15) is 0 Å². The summed E-state index contributed by atoms with van der Waals surface area (Å²) in [6, 6.07) is 4.86. The highest BCUT2D eigenvalue weighted by Gasteiger charge is 2.11. The third kappa shape index (κ3) is 3.33. The smallest absolute Gasteiger partial charge is 0.316 e. The number of nitrogens with one attached hydrogen (secondary N) is 1.